The summed E-state index contributed by atoms with van der Waals surface area (Å²) < 4.78 is 16.6. The number of aliphatic hydroxyl groups excluding tert-OH is 5. The van der Waals surface area contributed by atoms with Gasteiger partial charge < -0.3 is 45.1 Å². The lowest BCUT2D eigenvalue weighted by Gasteiger charge is -2.40. The molecule has 11 heteroatoms. The Hall–Kier alpha value is -2.38. The summed E-state index contributed by atoms with van der Waals surface area (Å²) in [5, 5.41) is 54.2. The van der Waals surface area contributed by atoms with E-state index in [9.17, 15) is 35.1 Å². The van der Waals surface area contributed by atoms with Gasteiger partial charge in [-0.3, -0.25) is 9.59 Å². The van der Waals surface area contributed by atoms with Crippen LogP contribution in [0.25, 0.3) is 0 Å². The minimum Gasteiger partial charge on any atom is -0.466 e. The highest BCUT2D eigenvalue weighted by Gasteiger charge is 2.44. The topological polar surface area (TPSA) is 175 Å². The number of aliphatic hydroxyl groups is 5. The maximum absolute atomic E-state index is 13.0. The number of ether oxygens (including phenoxy) is 3. The van der Waals surface area contributed by atoms with Crippen LogP contribution in [0, 0.1) is 0 Å². The van der Waals surface area contributed by atoms with Crippen molar-refractivity contribution in [3.63, 3.8) is 0 Å². The predicted octanol–water partition coefficient (Wildman–Crippen LogP) is 12.1. The first-order chi connectivity index (χ1) is 33.2. The Kier molecular flexibility index (Phi) is 44.0. The van der Waals surface area contributed by atoms with Crippen LogP contribution >= 0.6 is 0 Å². The SMILES string of the molecule is CCCCC/C=C/CC/C=C/CC/C=C/C(O)C(COC1OC(CO)C(O)C(O)C1O)NC(=O)CCCCCCC/C=C\CCCCCCCCCOC(=O)CCCCCCCCCCCCC. The van der Waals surface area contributed by atoms with Crippen molar-refractivity contribution >= 4 is 11.9 Å². The van der Waals surface area contributed by atoms with Crippen LogP contribution in [0.4, 0.5) is 0 Å². The van der Waals surface area contributed by atoms with E-state index < -0.39 is 49.5 Å². The molecule has 0 aromatic carbocycles. The highest BCUT2D eigenvalue weighted by molar-refractivity contribution is 5.76. The van der Waals surface area contributed by atoms with Crippen molar-refractivity contribution in [3.05, 3.63) is 48.6 Å². The average molecular weight is 962 g/mol. The van der Waals surface area contributed by atoms with Gasteiger partial charge in [0.15, 0.2) is 6.29 Å². The summed E-state index contributed by atoms with van der Waals surface area (Å²) in [6, 6.07) is -0.847. The number of allylic oxidation sites excluding steroid dienone is 7. The largest absolute Gasteiger partial charge is 0.466 e. The molecule has 0 saturated carbocycles. The molecule has 1 saturated heterocycles. The lowest BCUT2D eigenvalue weighted by atomic mass is 9.99. The summed E-state index contributed by atoms with van der Waals surface area (Å²) in [5.74, 6) is -0.238. The Morgan fingerprint density at radius 3 is 1.49 bits per heavy atom. The number of rotatable bonds is 47. The third kappa shape index (κ3) is 36.5. The quantitative estimate of drug-likeness (QED) is 0.0196. The van der Waals surface area contributed by atoms with Crippen LogP contribution < -0.4 is 5.32 Å². The zero-order valence-electron chi connectivity index (χ0n) is 43.3. The van der Waals surface area contributed by atoms with E-state index in [-0.39, 0.29) is 18.5 Å². The number of hydrogen-bond donors (Lipinski definition) is 6. The van der Waals surface area contributed by atoms with Crippen LogP contribution in [-0.4, -0.2) is 100 Å². The zero-order chi connectivity index (χ0) is 49.6. The summed E-state index contributed by atoms with van der Waals surface area (Å²) in [5.41, 5.74) is 0. The molecular formula is C57H103NO10. The fourth-order valence-electron chi connectivity index (χ4n) is 8.40. The van der Waals surface area contributed by atoms with Crippen LogP contribution in [0.15, 0.2) is 48.6 Å². The van der Waals surface area contributed by atoms with Gasteiger partial charge in [-0.2, -0.15) is 0 Å². The summed E-state index contributed by atoms with van der Waals surface area (Å²) in [7, 11) is 0. The average Bonchev–Trinajstić information content (AvgIpc) is 3.33. The van der Waals surface area contributed by atoms with E-state index in [4.69, 9.17) is 14.2 Å². The van der Waals surface area contributed by atoms with Gasteiger partial charge in [-0.05, 0) is 83.5 Å². The second kappa shape index (κ2) is 47.0. The summed E-state index contributed by atoms with van der Waals surface area (Å²) in [4.78, 5) is 25.0. The molecule has 0 bridgehead atoms. The van der Waals surface area contributed by atoms with Gasteiger partial charge in [0.2, 0.25) is 5.91 Å². The van der Waals surface area contributed by atoms with E-state index in [2.05, 4.69) is 55.6 Å². The molecule has 68 heavy (non-hydrogen) atoms. The molecule has 0 aliphatic carbocycles. The van der Waals surface area contributed by atoms with Crippen molar-refractivity contribution in [3.8, 4) is 0 Å². The number of unbranched alkanes of at least 4 members (excludes halogenated alkanes) is 27. The molecule has 396 valence electrons. The van der Waals surface area contributed by atoms with Gasteiger partial charge in [0.25, 0.3) is 0 Å². The lowest BCUT2D eigenvalue weighted by molar-refractivity contribution is -0.302. The molecule has 1 heterocycles. The minimum absolute atomic E-state index is 0.0232. The number of nitrogens with one attached hydrogen (secondary N) is 1. The second-order valence-corrected chi connectivity index (χ2v) is 19.3. The van der Waals surface area contributed by atoms with Gasteiger partial charge in [-0.1, -0.05) is 191 Å². The highest BCUT2D eigenvalue weighted by Crippen LogP contribution is 2.23. The number of amides is 1. The van der Waals surface area contributed by atoms with Crippen LogP contribution in [0.2, 0.25) is 0 Å². The monoisotopic (exact) mass is 962 g/mol. The normalized spacial score (nSPS) is 19.8. The van der Waals surface area contributed by atoms with Crippen LogP contribution in [-0.2, 0) is 23.8 Å². The summed E-state index contributed by atoms with van der Waals surface area (Å²) in [6.45, 7) is 4.24. The Morgan fingerprint density at radius 2 is 0.956 bits per heavy atom. The summed E-state index contributed by atoms with van der Waals surface area (Å²) >= 11 is 0. The van der Waals surface area contributed by atoms with E-state index in [1.807, 2.05) is 6.08 Å². The molecule has 6 N–H and O–H groups in total. The molecule has 1 rings (SSSR count). The second-order valence-electron chi connectivity index (χ2n) is 19.3. The molecule has 0 aromatic heterocycles. The first-order valence-corrected chi connectivity index (χ1v) is 27.9. The Morgan fingerprint density at radius 1 is 0.529 bits per heavy atom. The number of carbonyl (C=O) groups is 2. The van der Waals surface area contributed by atoms with E-state index in [1.165, 1.54) is 109 Å². The lowest BCUT2D eigenvalue weighted by Crippen LogP contribution is -2.60. The fourth-order valence-corrected chi connectivity index (χ4v) is 8.40. The summed E-state index contributed by atoms with van der Waals surface area (Å²) in [6.07, 6.45) is 47.6. The standard InChI is InChI=1S/C57H103NO10/c1-3-5-7-9-11-13-15-20-24-27-31-35-39-43-50(60)49(48-67-57-56(65)55(64)54(63)51(47-59)68-57)58-52(61)44-40-36-32-28-25-21-18-16-17-19-22-26-30-34-38-42-46-66-53(62)45-41-37-33-29-23-14-12-10-8-6-4-2/h11,13,16,18,24,27,39,43,49-51,54-57,59-60,63-65H,3-10,12,14-15,17,19-23,25-26,28-38,40-42,44-48H2,1-2H3,(H,58,61)/b13-11+,18-16-,27-24+,43-39+. The molecule has 1 aliphatic rings. The van der Waals surface area contributed by atoms with Gasteiger partial charge in [-0.25, -0.2) is 0 Å². The molecule has 7 unspecified atom stereocenters. The predicted molar refractivity (Wildman–Crippen MR) is 278 cm³/mol. The van der Waals surface area contributed by atoms with Crippen molar-refractivity contribution in [1.82, 2.24) is 5.32 Å². The molecule has 0 spiro atoms. The number of esters is 1. The van der Waals surface area contributed by atoms with Crippen LogP contribution in [0.3, 0.4) is 0 Å². The molecule has 0 aromatic rings. The molecule has 1 fully saturated rings. The van der Waals surface area contributed by atoms with Crippen molar-refractivity contribution in [1.29, 1.82) is 0 Å². The molecular weight excluding hydrogens is 859 g/mol. The van der Waals surface area contributed by atoms with Crippen molar-refractivity contribution in [2.24, 2.45) is 0 Å². The third-order valence-electron chi connectivity index (χ3n) is 12.9. The van der Waals surface area contributed by atoms with Crippen LogP contribution in [0.1, 0.15) is 239 Å². The third-order valence-corrected chi connectivity index (χ3v) is 12.9. The maximum Gasteiger partial charge on any atom is 0.305 e. The zero-order valence-corrected chi connectivity index (χ0v) is 43.3. The molecule has 1 aliphatic heterocycles. The van der Waals surface area contributed by atoms with Crippen LogP contribution in [0.5, 0.6) is 0 Å². The van der Waals surface area contributed by atoms with E-state index in [1.54, 1.807) is 6.08 Å². The fraction of sp³-hybridized carbons (Fsp3) is 0.825. The Balaban J connectivity index is 2.18. The van der Waals surface area contributed by atoms with E-state index in [0.717, 1.165) is 96.3 Å². The Labute approximate surface area is 415 Å². The molecule has 0 radical (unpaired) electrons. The van der Waals surface area contributed by atoms with E-state index >= 15 is 0 Å². The highest BCUT2D eigenvalue weighted by atomic mass is 16.7. The van der Waals surface area contributed by atoms with Gasteiger partial charge in [-0.15, -0.1) is 0 Å². The number of hydrogen-bond acceptors (Lipinski definition) is 10. The van der Waals surface area contributed by atoms with Gasteiger partial charge in [0, 0.05) is 12.8 Å². The molecule has 7 atom stereocenters. The first-order valence-electron chi connectivity index (χ1n) is 27.9. The minimum atomic E-state index is -1.59. The molecule has 11 nitrogen and oxygen atoms in total. The van der Waals surface area contributed by atoms with E-state index in [0.29, 0.717) is 25.9 Å². The molecule has 1 amide bonds. The van der Waals surface area contributed by atoms with Gasteiger partial charge in [0.05, 0.1) is 32.0 Å². The van der Waals surface area contributed by atoms with Crippen molar-refractivity contribution < 1.29 is 49.3 Å². The Bertz CT molecular complexity index is 1270. The first kappa shape index (κ1) is 63.6. The number of carbonyl (C=O) groups excluding carboxylic acids is 2. The smallest absolute Gasteiger partial charge is 0.305 e. The maximum atomic E-state index is 13.0. The van der Waals surface area contributed by atoms with Gasteiger partial charge >= 0.3 is 5.97 Å². The van der Waals surface area contributed by atoms with Gasteiger partial charge in [0.1, 0.15) is 24.4 Å². The van der Waals surface area contributed by atoms with Crippen molar-refractivity contribution in [2.75, 3.05) is 19.8 Å². The van der Waals surface area contributed by atoms with Crippen molar-refractivity contribution in [2.45, 2.75) is 281 Å².